The normalized spacial score (nSPS) is 17.5. The topological polar surface area (TPSA) is 54.8 Å². The molecule has 1 amide bonds. The van der Waals surface area contributed by atoms with Crippen LogP contribution in [0.5, 0.6) is 5.75 Å². The molecule has 1 aromatic heterocycles. The summed E-state index contributed by atoms with van der Waals surface area (Å²) in [6.45, 7) is 5.77. The van der Waals surface area contributed by atoms with Crippen molar-refractivity contribution < 1.29 is 9.53 Å². The Hall–Kier alpha value is -2.05. The summed E-state index contributed by atoms with van der Waals surface area (Å²) >= 11 is 7.64. The maximum absolute atomic E-state index is 12.8. The molecule has 0 bridgehead atoms. The number of pyridine rings is 1. The molecule has 5 nitrogen and oxygen atoms in total. The zero-order valence-electron chi connectivity index (χ0n) is 14.9. The first-order valence-electron chi connectivity index (χ1n) is 8.17. The smallest absolute Gasteiger partial charge is 0.283 e. The minimum absolute atomic E-state index is 0.0233. The number of aliphatic imine (C=N–C) groups is 1. The summed E-state index contributed by atoms with van der Waals surface area (Å²) in [5.74, 6) is 0.107. The molecule has 7 heteroatoms. The standard InChI is InChI=1S/C19H20ClN3O2S/c1-19(2)12-23(11-13-6-8-21-9-7-13)18(26-19)22-17(24)15-10-14(20)4-5-16(15)25-3/h4-10H,11-12H2,1-3H3. The van der Waals surface area contributed by atoms with Crippen LogP contribution in [0.15, 0.2) is 47.7 Å². The third-order valence-electron chi connectivity index (χ3n) is 3.92. The van der Waals surface area contributed by atoms with Crippen LogP contribution < -0.4 is 4.74 Å². The van der Waals surface area contributed by atoms with Gasteiger partial charge in [0.15, 0.2) is 5.17 Å². The Kier molecular flexibility index (Phi) is 5.53. The quantitative estimate of drug-likeness (QED) is 0.781. The predicted molar refractivity (Wildman–Crippen MR) is 106 cm³/mol. The van der Waals surface area contributed by atoms with E-state index in [0.29, 0.717) is 28.0 Å². The fourth-order valence-corrected chi connectivity index (χ4v) is 4.06. The van der Waals surface area contributed by atoms with Crippen LogP contribution in [0.25, 0.3) is 0 Å². The van der Waals surface area contributed by atoms with E-state index in [1.807, 2.05) is 12.1 Å². The number of hydrogen-bond donors (Lipinski definition) is 0. The monoisotopic (exact) mass is 389 g/mol. The molecule has 1 saturated heterocycles. The lowest BCUT2D eigenvalue weighted by Crippen LogP contribution is -2.28. The number of thioether (sulfide) groups is 1. The minimum atomic E-state index is -0.357. The van der Waals surface area contributed by atoms with Crippen molar-refractivity contribution in [3.63, 3.8) is 0 Å². The average Bonchev–Trinajstić information content (AvgIpc) is 2.89. The molecule has 136 valence electrons. The molecular formula is C19H20ClN3O2S. The average molecular weight is 390 g/mol. The molecule has 2 aromatic rings. The Balaban J connectivity index is 1.89. The molecule has 1 aliphatic rings. The maximum atomic E-state index is 12.8. The van der Waals surface area contributed by atoms with Crippen LogP contribution in [-0.2, 0) is 6.54 Å². The van der Waals surface area contributed by atoms with Gasteiger partial charge in [-0.1, -0.05) is 23.4 Å². The molecule has 0 unspecified atom stereocenters. The van der Waals surface area contributed by atoms with E-state index in [-0.39, 0.29) is 10.7 Å². The Bertz CT molecular complexity index is 840. The van der Waals surface area contributed by atoms with Crippen molar-refractivity contribution in [1.82, 2.24) is 9.88 Å². The summed E-state index contributed by atoms with van der Waals surface area (Å²) in [4.78, 5) is 23.3. The maximum Gasteiger partial charge on any atom is 0.283 e. The number of rotatable bonds is 4. The van der Waals surface area contributed by atoms with E-state index in [0.717, 1.165) is 12.1 Å². The zero-order chi connectivity index (χ0) is 18.7. The third kappa shape index (κ3) is 4.37. The zero-order valence-corrected chi connectivity index (χ0v) is 16.5. The SMILES string of the molecule is COc1ccc(Cl)cc1C(=O)N=C1SC(C)(C)CN1Cc1ccncc1. The van der Waals surface area contributed by atoms with E-state index in [2.05, 4.69) is 28.7 Å². The van der Waals surface area contributed by atoms with Crippen LogP contribution in [0.3, 0.4) is 0 Å². The van der Waals surface area contributed by atoms with Gasteiger partial charge in [-0.15, -0.1) is 0 Å². The van der Waals surface area contributed by atoms with E-state index in [1.165, 1.54) is 7.11 Å². The molecule has 26 heavy (non-hydrogen) atoms. The number of benzene rings is 1. The van der Waals surface area contributed by atoms with Crippen LogP contribution in [0.4, 0.5) is 0 Å². The van der Waals surface area contributed by atoms with Crippen molar-refractivity contribution in [3.8, 4) is 5.75 Å². The Morgan fingerprint density at radius 3 is 2.77 bits per heavy atom. The number of amides is 1. The molecule has 0 atom stereocenters. The molecule has 0 N–H and O–H groups in total. The number of hydrogen-bond acceptors (Lipinski definition) is 4. The fraction of sp³-hybridized carbons (Fsp3) is 0.316. The number of nitrogens with zero attached hydrogens (tertiary/aromatic N) is 3. The van der Waals surface area contributed by atoms with E-state index in [9.17, 15) is 4.79 Å². The second kappa shape index (κ2) is 7.68. The Morgan fingerprint density at radius 2 is 2.08 bits per heavy atom. The van der Waals surface area contributed by atoms with Gasteiger partial charge in [-0.3, -0.25) is 9.78 Å². The number of carbonyl (C=O) groups is 1. The molecule has 1 aromatic carbocycles. The number of ether oxygens (including phenoxy) is 1. The van der Waals surface area contributed by atoms with Crippen LogP contribution in [0.2, 0.25) is 5.02 Å². The van der Waals surface area contributed by atoms with Crippen molar-refractivity contribution in [2.75, 3.05) is 13.7 Å². The molecule has 1 aliphatic heterocycles. The third-order valence-corrected chi connectivity index (χ3v) is 5.37. The Morgan fingerprint density at radius 1 is 1.35 bits per heavy atom. The van der Waals surface area contributed by atoms with Crippen LogP contribution in [-0.4, -0.2) is 39.4 Å². The molecular weight excluding hydrogens is 370 g/mol. The largest absolute Gasteiger partial charge is 0.496 e. The van der Waals surface area contributed by atoms with Crippen LogP contribution >= 0.6 is 23.4 Å². The van der Waals surface area contributed by atoms with Gasteiger partial charge in [0.2, 0.25) is 0 Å². The molecule has 1 fully saturated rings. The second-order valence-electron chi connectivity index (χ2n) is 6.62. The van der Waals surface area contributed by atoms with Crippen LogP contribution in [0, 0.1) is 0 Å². The number of methoxy groups -OCH3 is 1. The molecule has 0 radical (unpaired) electrons. The lowest BCUT2D eigenvalue weighted by molar-refractivity contribution is 0.0998. The second-order valence-corrected chi connectivity index (χ2v) is 8.73. The van der Waals surface area contributed by atoms with Gasteiger partial charge in [0, 0.05) is 35.3 Å². The first-order chi connectivity index (χ1) is 12.4. The first kappa shape index (κ1) is 18.7. The predicted octanol–water partition coefficient (Wildman–Crippen LogP) is 4.27. The Labute approximate surface area is 162 Å². The number of carbonyl (C=O) groups excluding carboxylic acids is 1. The summed E-state index contributed by atoms with van der Waals surface area (Å²) in [5, 5.41) is 1.18. The minimum Gasteiger partial charge on any atom is -0.496 e. The van der Waals surface area contributed by atoms with Gasteiger partial charge in [0.05, 0.1) is 12.7 Å². The number of halogens is 1. The van der Waals surface area contributed by atoms with Gasteiger partial charge in [0.1, 0.15) is 5.75 Å². The van der Waals surface area contributed by atoms with Gasteiger partial charge >= 0.3 is 0 Å². The lowest BCUT2D eigenvalue weighted by atomic mass is 10.2. The summed E-state index contributed by atoms with van der Waals surface area (Å²) in [6, 6.07) is 8.89. The summed E-state index contributed by atoms with van der Waals surface area (Å²) in [6.07, 6.45) is 3.53. The fourth-order valence-electron chi connectivity index (χ4n) is 2.79. The number of amidine groups is 1. The van der Waals surface area contributed by atoms with Crippen molar-refractivity contribution in [3.05, 3.63) is 58.9 Å². The van der Waals surface area contributed by atoms with Crippen molar-refractivity contribution in [1.29, 1.82) is 0 Å². The van der Waals surface area contributed by atoms with Crippen LogP contribution in [0.1, 0.15) is 29.8 Å². The summed E-state index contributed by atoms with van der Waals surface area (Å²) in [7, 11) is 1.52. The van der Waals surface area contributed by atoms with Crippen molar-refractivity contribution >= 4 is 34.4 Å². The van der Waals surface area contributed by atoms with Gasteiger partial charge in [0.25, 0.3) is 5.91 Å². The highest BCUT2D eigenvalue weighted by Gasteiger charge is 2.35. The molecule has 0 spiro atoms. The van der Waals surface area contributed by atoms with E-state index in [4.69, 9.17) is 16.3 Å². The van der Waals surface area contributed by atoms with Crippen molar-refractivity contribution in [2.45, 2.75) is 25.1 Å². The highest BCUT2D eigenvalue weighted by atomic mass is 35.5. The summed E-state index contributed by atoms with van der Waals surface area (Å²) in [5.41, 5.74) is 1.49. The number of aromatic nitrogens is 1. The lowest BCUT2D eigenvalue weighted by Gasteiger charge is -2.19. The first-order valence-corrected chi connectivity index (χ1v) is 9.37. The van der Waals surface area contributed by atoms with Gasteiger partial charge in [-0.25, -0.2) is 0 Å². The van der Waals surface area contributed by atoms with Gasteiger partial charge in [-0.05, 0) is 49.7 Å². The van der Waals surface area contributed by atoms with E-state index in [1.54, 1.807) is 42.4 Å². The highest BCUT2D eigenvalue weighted by molar-refractivity contribution is 8.15. The summed E-state index contributed by atoms with van der Waals surface area (Å²) < 4.78 is 5.25. The van der Waals surface area contributed by atoms with E-state index >= 15 is 0 Å². The highest BCUT2D eigenvalue weighted by Crippen LogP contribution is 2.37. The molecule has 0 aliphatic carbocycles. The van der Waals surface area contributed by atoms with Gasteiger partial charge < -0.3 is 9.64 Å². The van der Waals surface area contributed by atoms with Gasteiger partial charge in [-0.2, -0.15) is 4.99 Å². The molecule has 2 heterocycles. The molecule has 3 rings (SSSR count). The molecule has 0 saturated carbocycles. The van der Waals surface area contributed by atoms with E-state index < -0.39 is 0 Å². The van der Waals surface area contributed by atoms with Crippen molar-refractivity contribution in [2.24, 2.45) is 4.99 Å².